The zero-order valence-electron chi connectivity index (χ0n) is 13.3. The maximum Gasteiger partial charge on any atom is 0.243 e. The van der Waals surface area contributed by atoms with Crippen molar-refractivity contribution in [2.24, 2.45) is 10.9 Å². The summed E-state index contributed by atoms with van der Waals surface area (Å²) < 4.78 is 12.8. The number of hydrogen-bond acceptors (Lipinski definition) is 2. The van der Waals surface area contributed by atoms with Gasteiger partial charge in [-0.15, -0.1) is 24.0 Å². The molecule has 3 N–H and O–H groups in total. The van der Waals surface area contributed by atoms with Crippen molar-refractivity contribution < 1.29 is 9.18 Å². The van der Waals surface area contributed by atoms with E-state index in [0.29, 0.717) is 17.6 Å². The van der Waals surface area contributed by atoms with E-state index in [0.717, 1.165) is 0 Å². The Kier molecular flexibility index (Phi) is 9.71. The first-order valence-electron chi connectivity index (χ1n) is 6.95. The third-order valence-corrected chi connectivity index (χ3v) is 3.13. The Balaban J connectivity index is 0.00000441. The number of rotatable bonds is 5. The molecule has 0 saturated heterocycles. The standard InChI is InChI=1S/C15H23FN4O.HI/c1-10(2)11(3)19-15(17-4)18-9-14(21)20-13-7-5-12(16)6-8-13;/h5-8,10-11H,9H2,1-4H3,(H,20,21)(H2,17,18,19);1H. The van der Waals surface area contributed by atoms with Crippen LogP contribution in [0.4, 0.5) is 10.1 Å². The van der Waals surface area contributed by atoms with Gasteiger partial charge in [-0.25, -0.2) is 4.39 Å². The number of nitrogens with zero attached hydrogens (tertiary/aromatic N) is 1. The highest BCUT2D eigenvalue weighted by Crippen LogP contribution is 2.07. The molecule has 1 amide bonds. The van der Waals surface area contributed by atoms with Crippen LogP contribution in [-0.4, -0.2) is 31.5 Å². The number of guanidine groups is 1. The van der Waals surface area contributed by atoms with Gasteiger partial charge >= 0.3 is 0 Å². The molecule has 1 aromatic rings. The topological polar surface area (TPSA) is 65.5 Å². The van der Waals surface area contributed by atoms with Crippen molar-refractivity contribution >= 4 is 41.5 Å². The van der Waals surface area contributed by atoms with Crippen LogP contribution in [0.3, 0.4) is 0 Å². The number of benzene rings is 1. The molecular formula is C15H24FIN4O. The number of nitrogens with one attached hydrogen (secondary N) is 3. The van der Waals surface area contributed by atoms with Gasteiger partial charge in [0.25, 0.3) is 0 Å². The lowest BCUT2D eigenvalue weighted by Gasteiger charge is -2.20. The van der Waals surface area contributed by atoms with Gasteiger partial charge in [0.05, 0.1) is 6.54 Å². The van der Waals surface area contributed by atoms with Gasteiger partial charge in [-0.2, -0.15) is 0 Å². The largest absolute Gasteiger partial charge is 0.354 e. The van der Waals surface area contributed by atoms with E-state index in [1.807, 2.05) is 0 Å². The Labute approximate surface area is 148 Å². The second-order valence-corrected chi connectivity index (χ2v) is 5.16. The molecule has 0 aromatic heterocycles. The van der Waals surface area contributed by atoms with Gasteiger partial charge in [0.1, 0.15) is 5.82 Å². The quantitative estimate of drug-likeness (QED) is 0.388. The predicted octanol–water partition coefficient (Wildman–Crippen LogP) is 2.59. The van der Waals surface area contributed by atoms with E-state index >= 15 is 0 Å². The van der Waals surface area contributed by atoms with Crippen molar-refractivity contribution in [3.63, 3.8) is 0 Å². The Hall–Kier alpha value is -1.38. The number of aliphatic imine (C=N–C) groups is 1. The van der Waals surface area contributed by atoms with E-state index in [4.69, 9.17) is 0 Å². The summed E-state index contributed by atoms with van der Waals surface area (Å²) in [4.78, 5) is 15.9. The fourth-order valence-corrected chi connectivity index (χ4v) is 1.48. The van der Waals surface area contributed by atoms with Crippen molar-refractivity contribution in [2.45, 2.75) is 26.8 Å². The number of anilines is 1. The van der Waals surface area contributed by atoms with Crippen molar-refractivity contribution in [2.75, 3.05) is 18.9 Å². The van der Waals surface area contributed by atoms with Gasteiger partial charge in [-0.05, 0) is 37.1 Å². The molecule has 0 radical (unpaired) electrons. The third-order valence-electron chi connectivity index (χ3n) is 3.13. The molecule has 0 heterocycles. The van der Waals surface area contributed by atoms with Gasteiger partial charge in [-0.3, -0.25) is 9.79 Å². The summed E-state index contributed by atoms with van der Waals surface area (Å²) in [5.41, 5.74) is 0.557. The molecule has 0 fully saturated rings. The monoisotopic (exact) mass is 422 g/mol. The van der Waals surface area contributed by atoms with Crippen LogP contribution in [0.2, 0.25) is 0 Å². The minimum absolute atomic E-state index is 0. The minimum atomic E-state index is -0.335. The molecule has 0 aliphatic heterocycles. The summed E-state index contributed by atoms with van der Waals surface area (Å²) >= 11 is 0. The molecule has 7 heteroatoms. The van der Waals surface area contributed by atoms with Crippen LogP contribution < -0.4 is 16.0 Å². The van der Waals surface area contributed by atoms with Crippen LogP contribution >= 0.6 is 24.0 Å². The van der Waals surface area contributed by atoms with E-state index in [1.165, 1.54) is 24.3 Å². The lowest BCUT2D eigenvalue weighted by molar-refractivity contribution is -0.115. The highest BCUT2D eigenvalue weighted by molar-refractivity contribution is 14.0. The fourth-order valence-electron chi connectivity index (χ4n) is 1.48. The van der Waals surface area contributed by atoms with Gasteiger partial charge in [-0.1, -0.05) is 13.8 Å². The summed E-state index contributed by atoms with van der Waals surface area (Å²) in [5.74, 6) is 0.474. The van der Waals surface area contributed by atoms with Crippen molar-refractivity contribution in [3.8, 4) is 0 Å². The van der Waals surface area contributed by atoms with Gasteiger partial charge in [0.2, 0.25) is 5.91 Å². The maximum atomic E-state index is 12.8. The maximum absolute atomic E-state index is 12.8. The molecule has 1 atom stereocenters. The summed E-state index contributed by atoms with van der Waals surface area (Å²) in [6.07, 6.45) is 0. The van der Waals surface area contributed by atoms with E-state index in [1.54, 1.807) is 7.05 Å². The zero-order chi connectivity index (χ0) is 15.8. The van der Waals surface area contributed by atoms with Crippen LogP contribution in [0.15, 0.2) is 29.3 Å². The lowest BCUT2D eigenvalue weighted by atomic mass is 10.1. The number of hydrogen-bond donors (Lipinski definition) is 3. The highest BCUT2D eigenvalue weighted by atomic mass is 127. The first-order chi connectivity index (χ1) is 9.92. The average molecular weight is 422 g/mol. The van der Waals surface area contributed by atoms with E-state index in [-0.39, 0.29) is 48.3 Å². The summed E-state index contributed by atoms with van der Waals surface area (Å²) in [5, 5.41) is 8.82. The van der Waals surface area contributed by atoms with Crippen LogP contribution in [0.25, 0.3) is 0 Å². The molecular weight excluding hydrogens is 398 g/mol. The van der Waals surface area contributed by atoms with Crippen molar-refractivity contribution in [1.82, 2.24) is 10.6 Å². The molecule has 1 rings (SSSR count). The third kappa shape index (κ3) is 7.58. The average Bonchev–Trinajstić information content (AvgIpc) is 2.45. The molecule has 0 aliphatic rings. The number of halogens is 2. The van der Waals surface area contributed by atoms with Gasteiger partial charge in [0.15, 0.2) is 5.96 Å². The van der Waals surface area contributed by atoms with Gasteiger partial charge in [0, 0.05) is 18.8 Å². The first-order valence-corrected chi connectivity index (χ1v) is 6.95. The molecule has 0 aliphatic carbocycles. The molecule has 22 heavy (non-hydrogen) atoms. The number of carbonyl (C=O) groups excluding carboxylic acids is 1. The van der Waals surface area contributed by atoms with E-state index in [2.05, 4.69) is 41.7 Å². The SMILES string of the molecule is CN=C(NCC(=O)Nc1ccc(F)cc1)NC(C)C(C)C.I. The number of amides is 1. The molecule has 5 nitrogen and oxygen atoms in total. The Morgan fingerprint density at radius 2 is 1.82 bits per heavy atom. The smallest absolute Gasteiger partial charge is 0.243 e. The van der Waals surface area contributed by atoms with Crippen molar-refractivity contribution in [3.05, 3.63) is 30.1 Å². The number of carbonyl (C=O) groups is 1. The summed E-state index contributed by atoms with van der Waals surface area (Å²) in [7, 11) is 1.65. The molecule has 1 unspecified atom stereocenters. The van der Waals surface area contributed by atoms with Crippen LogP contribution in [0, 0.1) is 11.7 Å². The van der Waals surface area contributed by atoms with Crippen molar-refractivity contribution in [1.29, 1.82) is 0 Å². The molecule has 0 saturated carbocycles. The lowest BCUT2D eigenvalue weighted by Crippen LogP contribution is -2.46. The molecule has 0 bridgehead atoms. The molecule has 1 aromatic carbocycles. The van der Waals surface area contributed by atoms with Crippen LogP contribution in [-0.2, 0) is 4.79 Å². The fraction of sp³-hybridized carbons (Fsp3) is 0.467. The second kappa shape index (κ2) is 10.4. The van der Waals surface area contributed by atoms with Gasteiger partial charge < -0.3 is 16.0 Å². The molecule has 0 spiro atoms. The first kappa shape index (κ1) is 20.6. The summed E-state index contributed by atoms with van der Waals surface area (Å²) in [6.45, 7) is 6.34. The predicted molar refractivity (Wildman–Crippen MR) is 99.2 cm³/mol. The summed E-state index contributed by atoms with van der Waals surface area (Å²) in [6, 6.07) is 5.88. The highest BCUT2D eigenvalue weighted by Gasteiger charge is 2.10. The second-order valence-electron chi connectivity index (χ2n) is 5.16. The van der Waals surface area contributed by atoms with E-state index < -0.39 is 0 Å². The zero-order valence-corrected chi connectivity index (χ0v) is 15.6. The molecule has 124 valence electrons. The Bertz CT molecular complexity index is 491. The van der Waals surface area contributed by atoms with Crippen LogP contribution in [0.5, 0.6) is 0 Å². The normalized spacial score (nSPS) is 12.4. The minimum Gasteiger partial charge on any atom is -0.354 e. The Morgan fingerprint density at radius 3 is 2.32 bits per heavy atom. The van der Waals surface area contributed by atoms with E-state index in [9.17, 15) is 9.18 Å². The van der Waals surface area contributed by atoms with Crippen LogP contribution in [0.1, 0.15) is 20.8 Å². The Morgan fingerprint density at radius 1 is 1.23 bits per heavy atom.